The number of nitrogens with zero attached hydrogens (tertiary/aromatic N) is 1. The zero-order chi connectivity index (χ0) is 17.6. The van der Waals surface area contributed by atoms with Crippen molar-refractivity contribution in [2.75, 3.05) is 14.2 Å². The zero-order valence-electron chi connectivity index (χ0n) is 14.1. The fraction of sp³-hybridized carbons (Fsp3) is 0.211. The Balaban J connectivity index is 1.58. The van der Waals surface area contributed by atoms with Crippen LogP contribution in [0.3, 0.4) is 0 Å². The Bertz CT molecular complexity index is 834. The van der Waals surface area contributed by atoms with Gasteiger partial charge in [0.2, 0.25) is 0 Å². The molecule has 3 aromatic rings. The van der Waals surface area contributed by atoms with E-state index >= 15 is 0 Å². The molecule has 3 rings (SSSR count). The molecule has 0 saturated carbocycles. The number of halogens is 1. The second kappa shape index (κ2) is 8.34. The Labute approximate surface area is 156 Å². The molecule has 0 radical (unpaired) electrons. The number of ether oxygens (including phenoxy) is 2. The van der Waals surface area contributed by atoms with Gasteiger partial charge in [-0.05, 0) is 35.4 Å². The molecule has 4 nitrogen and oxygen atoms in total. The Morgan fingerprint density at radius 3 is 2.48 bits per heavy atom. The van der Waals surface area contributed by atoms with Gasteiger partial charge in [0.15, 0.2) is 11.5 Å². The first-order chi connectivity index (χ1) is 12.2. The lowest BCUT2D eigenvalue weighted by Crippen LogP contribution is -2.12. The number of benzene rings is 2. The van der Waals surface area contributed by atoms with Crippen molar-refractivity contribution < 1.29 is 9.47 Å². The van der Waals surface area contributed by atoms with E-state index < -0.39 is 0 Å². The third-order valence-corrected chi connectivity index (χ3v) is 5.03. The average Bonchev–Trinajstić information content (AvgIpc) is 3.11. The number of rotatable bonds is 7. The Morgan fingerprint density at radius 2 is 1.76 bits per heavy atom. The van der Waals surface area contributed by atoms with Crippen molar-refractivity contribution in [1.29, 1.82) is 0 Å². The van der Waals surface area contributed by atoms with Crippen LogP contribution in [0.25, 0.3) is 10.4 Å². The molecule has 0 aliphatic heterocycles. The molecule has 0 saturated heterocycles. The fourth-order valence-corrected chi connectivity index (χ4v) is 3.46. The topological polar surface area (TPSA) is 43.4 Å². The molecule has 130 valence electrons. The fourth-order valence-electron chi connectivity index (χ4n) is 2.44. The normalized spacial score (nSPS) is 10.7. The van der Waals surface area contributed by atoms with E-state index in [0.717, 1.165) is 44.1 Å². The first kappa shape index (κ1) is 17.7. The average molecular weight is 375 g/mol. The number of aromatic nitrogens is 1. The lowest BCUT2D eigenvalue weighted by molar-refractivity contribution is 0.354. The van der Waals surface area contributed by atoms with E-state index in [1.54, 1.807) is 25.6 Å². The number of nitrogens with one attached hydrogen (secondary N) is 1. The van der Waals surface area contributed by atoms with Crippen LogP contribution < -0.4 is 14.8 Å². The van der Waals surface area contributed by atoms with Crippen LogP contribution in [0, 0.1) is 0 Å². The van der Waals surface area contributed by atoms with Crippen molar-refractivity contribution in [3.63, 3.8) is 0 Å². The molecule has 1 aromatic heterocycles. The van der Waals surface area contributed by atoms with Gasteiger partial charge in [0.1, 0.15) is 5.01 Å². The molecule has 0 unspecified atom stereocenters. The maximum atomic E-state index is 5.93. The smallest absolute Gasteiger partial charge is 0.161 e. The van der Waals surface area contributed by atoms with Crippen molar-refractivity contribution in [3.8, 4) is 21.9 Å². The van der Waals surface area contributed by atoms with Gasteiger partial charge < -0.3 is 14.8 Å². The van der Waals surface area contributed by atoms with Crippen molar-refractivity contribution in [2.45, 2.75) is 13.1 Å². The summed E-state index contributed by atoms with van der Waals surface area (Å²) in [6, 6.07) is 13.7. The zero-order valence-corrected chi connectivity index (χ0v) is 15.7. The second-order valence-electron chi connectivity index (χ2n) is 5.42. The Morgan fingerprint density at radius 1 is 1.00 bits per heavy atom. The summed E-state index contributed by atoms with van der Waals surface area (Å²) < 4.78 is 10.6. The van der Waals surface area contributed by atoms with E-state index in [2.05, 4.69) is 10.3 Å². The number of hydrogen-bond acceptors (Lipinski definition) is 5. The minimum absolute atomic E-state index is 0.715. The molecule has 0 atom stereocenters. The van der Waals surface area contributed by atoms with Gasteiger partial charge in [-0.2, -0.15) is 0 Å². The van der Waals surface area contributed by atoms with Gasteiger partial charge in [0.25, 0.3) is 0 Å². The summed E-state index contributed by atoms with van der Waals surface area (Å²) in [5.41, 5.74) is 2.26. The van der Waals surface area contributed by atoms with Crippen LogP contribution in [0.5, 0.6) is 11.5 Å². The molecule has 0 bridgehead atoms. The van der Waals surface area contributed by atoms with Crippen LogP contribution in [0.15, 0.2) is 48.7 Å². The van der Waals surface area contributed by atoms with Crippen LogP contribution in [0.2, 0.25) is 5.02 Å². The van der Waals surface area contributed by atoms with E-state index in [-0.39, 0.29) is 0 Å². The molecular formula is C19H19ClN2O2S. The predicted molar refractivity (Wildman–Crippen MR) is 103 cm³/mol. The quantitative estimate of drug-likeness (QED) is 0.646. The highest BCUT2D eigenvalue weighted by molar-refractivity contribution is 7.15. The Hall–Kier alpha value is -2.08. The van der Waals surface area contributed by atoms with Crippen LogP contribution in [-0.4, -0.2) is 19.2 Å². The first-order valence-corrected chi connectivity index (χ1v) is 9.01. The molecule has 2 aromatic carbocycles. The predicted octanol–water partition coefficient (Wildman–Crippen LogP) is 4.77. The summed E-state index contributed by atoms with van der Waals surface area (Å²) in [4.78, 5) is 5.62. The monoisotopic (exact) mass is 374 g/mol. The van der Waals surface area contributed by atoms with Gasteiger partial charge in [0.05, 0.1) is 19.1 Å². The molecule has 0 aliphatic carbocycles. The van der Waals surface area contributed by atoms with E-state index in [1.807, 2.05) is 48.7 Å². The van der Waals surface area contributed by atoms with Gasteiger partial charge in [-0.1, -0.05) is 29.8 Å². The van der Waals surface area contributed by atoms with Crippen molar-refractivity contribution >= 4 is 22.9 Å². The number of thiazole rings is 1. The van der Waals surface area contributed by atoms with E-state index in [4.69, 9.17) is 21.1 Å². The van der Waals surface area contributed by atoms with Crippen molar-refractivity contribution in [1.82, 2.24) is 10.3 Å². The summed E-state index contributed by atoms with van der Waals surface area (Å²) in [5.74, 6) is 1.47. The molecule has 0 aliphatic rings. The molecule has 0 spiro atoms. The van der Waals surface area contributed by atoms with Crippen LogP contribution in [0.4, 0.5) is 0 Å². The standard InChI is InChI=1S/C19H19ClN2O2S/c1-23-16-8-3-13(9-17(16)24-2)10-21-12-19-22-11-18(25-19)14-4-6-15(20)7-5-14/h3-9,11,21H,10,12H2,1-2H3. The summed E-state index contributed by atoms with van der Waals surface area (Å²) in [6.45, 7) is 1.45. The molecule has 6 heteroatoms. The third-order valence-electron chi connectivity index (χ3n) is 3.74. The molecule has 1 N–H and O–H groups in total. The summed E-state index contributed by atoms with van der Waals surface area (Å²) in [6.07, 6.45) is 1.90. The number of methoxy groups -OCH3 is 2. The molecule has 0 fully saturated rings. The SMILES string of the molecule is COc1ccc(CNCc2ncc(-c3ccc(Cl)cc3)s2)cc1OC. The maximum absolute atomic E-state index is 5.93. The Kier molecular flexibility index (Phi) is 5.91. The lowest BCUT2D eigenvalue weighted by atomic mass is 10.2. The highest BCUT2D eigenvalue weighted by Gasteiger charge is 2.06. The second-order valence-corrected chi connectivity index (χ2v) is 6.97. The highest BCUT2D eigenvalue weighted by atomic mass is 35.5. The van der Waals surface area contributed by atoms with E-state index in [0.29, 0.717) is 6.54 Å². The summed E-state index contributed by atoms with van der Waals surface area (Å²) in [7, 11) is 3.28. The van der Waals surface area contributed by atoms with Gasteiger partial charge in [-0.25, -0.2) is 4.98 Å². The first-order valence-electron chi connectivity index (χ1n) is 7.82. The highest BCUT2D eigenvalue weighted by Crippen LogP contribution is 2.28. The minimum Gasteiger partial charge on any atom is -0.493 e. The van der Waals surface area contributed by atoms with Crippen LogP contribution in [0.1, 0.15) is 10.6 Å². The summed E-state index contributed by atoms with van der Waals surface area (Å²) in [5, 5.41) is 5.20. The molecular weight excluding hydrogens is 356 g/mol. The minimum atomic E-state index is 0.715. The van der Waals surface area contributed by atoms with Gasteiger partial charge in [-0.15, -0.1) is 11.3 Å². The van der Waals surface area contributed by atoms with Crippen LogP contribution >= 0.6 is 22.9 Å². The third kappa shape index (κ3) is 4.51. The van der Waals surface area contributed by atoms with Gasteiger partial charge >= 0.3 is 0 Å². The number of hydrogen-bond donors (Lipinski definition) is 1. The summed E-state index contributed by atoms with van der Waals surface area (Å²) >= 11 is 7.61. The largest absolute Gasteiger partial charge is 0.493 e. The van der Waals surface area contributed by atoms with E-state index in [9.17, 15) is 0 Å². The van der Waals surface area contributed by atoms with Crippen molar-refractivity contribution in [2.24, 2.45) is 0 Å². The van der Waals surface area contributed by atoms with Crippen molar-refractivity contribution in [3.05, 3.63) is 64.3 Å². The maximum Gasteiger partial charge on any atom is 0.161 e. The molecule has 25 heavy (non-hydrogen) atoms. The van der Waals surface area contributed by atoms with Gasteiger partial charge in [0, 0.05) is 24.3 Å². The molecule has 1 heterocycles. The van der Waals surface area contributed by atoms with Gasteiger partial charge in [-0.3, -0.25) is 0 Å². The molecule has 0 amide bonds. The van der Waals surface area contributed by atoms with Crippen LogP contribution in [-0.2, 0) is 13.1 Å². The lowest BCUT2D eigenvalue weighted by Gasteiger charge is -2.09. The van der Waals surface area contributed by atoms with E-state index in [1.165, 1.54) is 0 Å².